The Bertz CT molecular complexity index is 244. The molecule has 0 aliphatic carbocycles. The maximum absolute atomic E-state index is 10.8. The lowest BCUT2D eigenvalue weighted by Gasteiger charge is -1.99. The van der Waals surface area contributed by atoms with Crippen LogP contribution in [-0.2, 0) is 9.59 Å². The van der Waals surface area contributed by atoms with E-state index in [-0.39, 0.29) is 16.9 Å². The van der Waals surface area contributed by atoms with Gasteiger partial charge in [-0.1, -0.05) is 39.2 Å². The maximum Gasteiger partial charge on any atom is 0.336 e. The molecular formula is C11H16O3. The summed E-state index contributed by atoms with van der Waals surface area (Å²) in [6.07, 6.45) is 2.34. The highest BCUT2D eigenvalue weighted by atomic mass is 16.4. The molecule has 0 aliphatic heterocycles. The number of carbonyl (C=O) groups is 2. The van der Waals surface area contributed by atoms with E-state index in [9.17, 15) is 9.59 Å². The summed E-state index contributed by atoms with van der Waals surface area (Å²) in [6.45, 7) is 11.9. The molecule has 0 aromatic carbocycles. The molecule has 0 atom stereocenters. The SMILES string of the molecule is C=C/C(C(C)=O)=C(\C=C)C(=O)O.CC. The lowest BCUT2D eigenvalue weighted by molar-refractivity contribution is -0.132. The van der Waals surface area contributed by atoms with Gasteiger partial charge in [0, 0.05) is 5.57 Å². The van der Waals surface area contributed by atoms with Crippen molar-refractivity contribution in [2.75, 3.05) is 0 Å². The van der Waals surface area contributed by atoms with Crippen LogP contribution in [0.1, 0.15) is 20.8 Å². The summed E-state index contributed by atoms with van der Waals surface area (Å²) in [5.74, 6) is -1.50. The highest BCUT2D eigenvalue weighted by molar-refractivity contribution is 6.05. The zero-order valence-electron chi connectivity index (χ0n) is 8.83. The highest BCUT2D eigenvalue weighted by Gasteiger charge is 2.11. The Hall–Kier alpha value is -1.64. The van der Waals surface area contributed by atoms with Crippen molar-refractivity contribution < 1.29 is 14.7 Å². The lowest BCUT2D eigenvalue weighted by Crippen LogP contribution is -2.05. The number of hydrogen-bond acceptors (Lipinski definition) is 2. The molecule has 14 heavy (non-hydrogen) atoms. The molecule has 0 aromatic rings. The Morgan fingerprint density at radius 1 is 1.07 bits per heavy atom. The van der Waals surface area contributed by atoms with Gasteiger partial charge in [0.05, 0.1) is 5.57 Å². The van der Waals surface area contributed by atoms with E-state index in [1.165, 1.54) is 13.0 Å². The van der Waals surface area contributed by atoms with E-state index in [4.69, 9.17) is 5.11 Å². The van der Waals surface area contributed by atoms with Gasteiger partial charge in [0.1, 0.15) is 0 Å². The van der Waals surface area contributed by atoms with Crippen molar-refractivity contribution in [2.45, 2.75) is 20.8 Å². The van der Waals surface area contributed by atoms with Gasteiger partial charge in [0.2, 0.25) is 0 Å². The highest BCUT2D eigenvalue weighted by Crippen LogP contribution is 2.08. The molecule has 0 fully saturated rings. The summed E-state index contributed by atoms with van der Waals surface area (Å²) in [5.41, 5.74) is -0.0324. The Labute approximate surface area is 84.4 Å². The third-order valence-corrected chi connectivity index (χ3v) is 1.31. The van der Waals surface area contributed by atoms with Crippen molar-refractivity contribution in [1.82, 2.24) is 0 Å². The number of carboxylic acid groups (broad SMARTS) is 1. The Morgan fingerprint density at radius 3 is 1.50 bits per heavy atom. The number of allylic oxidation sites excluding steroid dienone is 2. The smallest absolute Gasteiger partial charge is 0.336 e. The summed E-state index contributed by atoms with van der Waals surface area (Å²) in [5, 5.41) is 8.59. The summed E-state index contributed by atoms with van der Waals surface area (Å²) < 4.78 is 0. The Morgan fingerprint density at radius 2 is 1.43 bits per heavy atom. The van der Waals surface area contributed by atoms with Crippen LogP contribution in [0, 0.1) is 0 Å². The van der Waals surface area contributed by atoms with Crippen LogP contribution in [-0.4, -0.2) is 16.9 Å². The molecule has 0 aliphatic rings. The quantitative estimate of drug-likeness (QED) is 0.554. The third kappa shape index (κ3) is 4.40. The zero-order chi connectivity index (χ0) is 11.7. The van der Waals surface area contributed by atoms with Gasteiger partial charge in [-0.15, -0.1) is 0 Å². The van der Waals surface area contributed by atoms with Gasteiger partial charge in [-0.25, -0.2) is 4.79 Å². The lowest BCUT2D eigenvalue weighted by atomic mass is 10.1. The number of carboxylic acids is 1. The molecule has 3 heteroatoms. The predicted molar refractivity (Wildman–Crippen MR) is 57.1 cm³/mol. The van der Waals surface area contributed by atoms with E-state index in [0.717, 1.165) is 6.08 Å². The molecule has 0 rings (SSSR count). The molecule has 0 saturated heterocycles. The van der Waals surface area contributed by atoms with Crippen LogP contribution in [0.5, 0.6) is 0 Å². The van der Waals surface area contributed by atoms with Crippen LogP contribution >= 0.6 is 0 Å². The van der Waals surface area contributed by atoms with Crippen LogP contribution in [0.25, 0.3) is 0 Å². The second-order valence-corrected chi connectivity index (χ2v) is 2.10. The van der Waals surface area contributed by atoms with E-state index in [1.54, 1.807) is 0 Å². The van der Waals surface area contributed by atoms with Crippen molar-refractivity contribution in [1.29, 1.82) is 0 Å². The largest absolute Gasteiger partial charge is 0.478 e. The molecule has 0 aromatic heterocycles. The van der Waals surface area contributed by atoms with Gasteiger partial charge in [-0.3, -0.25) is 4.79 Å². The van der Waals surface area contributed by atoms with E-state index in [0.29, 0.717) is 0 Å². The van der Waals surface area contributed by atoms with Crippen LogP contribution < -0.4 is 0 Å². The molecular weight excluding hydrogens is 180 g/mol. The van der Waals surface area contributed by atoms with Crippen molar-refractivity contribution in [3.05, 3.63) is 36.5 Å². The molecule has 0 radical (unpaired) electrons. The fourth-order valence-corrected chi connectivity index (χ4v) is 0.756. The first-order valence-corrected chi connectivity index (χ1v) is 4.28. The first-order valence-electron chi connectivity index (χ1n) is 4.28. The first kappa shape index (κ1) is 14.9. The minimum absolute atomic E-state index is 0.0810. The number of ketones is 1. The maximum atomic E-state index is 10.8. The van der Waals surface area contributed by atoms with Crippen LogP contribution in [0.3, 0.4) is 0 Å². The molecule has 0 unspecified atom stereocenters. The molecule has 0 bridgehead atoms. The molecule has 78 valence electrons. The average molecular weight is 196 g/mol. The zero-order valence-corrected chi connectivity index (χ0v) is 8.83. The van der Waals surface area contributed by atoms with Crippen LogP contribution in [0.4, 0.5) is 0 Å². The van der Waals surface area contributed by atoms with Crippen molar-refractivity contribution in [3.8, 4) is 0 Å². The molecule has 0 amide bonds. The number of Topliss-reactive ketones (excluding diaryl/α,β-unsaturated/α-hetero) is 1. The normalized spacial score (nSPS) is 10.2. The summed E-state index contributed by atoms with van der Waals surface area (Å²) >= 11 is 0. The van der Waals surface area contributed by atoms with E-state index in [1.807, 2.05) is 13.8 Å². The van der Waals surface area contributed by atoms with E-state index < -0.39 is 5.97 Å². The minimum Gasteiger partial charge on any atom is -0.478 e. The van der Waals surface area contributed by atoms with Crippen molar-refractivity contribution >= 4 is 11.8 Å². The van der Waals surface area contributed by atoms with E-state index >= 15 is 0 Å². The molecule has 0 saturated carbocycles. The summed E-state index contributed by atoms with van der Waals surface area (Å²) in [6, 6.07) is 0. The van der Waals surface area contributed by atoms with Gasteiger partial charge >= 0.3 is 5.97 Å². The molecule has 3 nitrogen and oxygen atoms in total. The summed E-state index contributed by atoms with van der Waals surface area (Å²) in [7, 11) is 0. The molecule has 1 N–H and O–H groups in total. The van der Waals surface area contributed by atoms with Crippen molar-refractivity contribution in [3.63, 3.8) is 0 Å². The molecule has 0 heterocycles. The Balaban J connectivity index is 0. The van der Waals surface area contributed by atoms with Crippen LogP contribution in [0.2, 0.25) is 0 Å². The number of rotatable bonds is 4. The molecule has 0 spiro atoms. The number of aliphatic carboxylic acids is 1. The fourth-order valence-electron chi connectivity index (χ4n) is 0.756. The standard InChI is InChI=1S/C9H10O3.C2H6/c1-4-7(6(3)10)8(5-2)9(11)12;1-2/h4-5H,1-2H2,3H3,(H,11,12);1-2H3/b8-7-;. The average Bonchev–Trinajstić information content (AvgIpc) is 2.15. The number of carbonyl (C=O) groups excluding carboxylic acids is 1. The minimum atomic E-state index is -1.17. The van der Waals surface area contributed by atoms with Gasteiger partial charge in [-0.2, -0.15) is 0 Å². The van der Waals surface area contributed by atoms with Gasteiger partial charge in [0.15, 0.2) is 5.78 Å². The van der Waals surface area contributed by atoms with E-state index in [2.05, 4.69) is 13.2 Å². The predicted octanol–water partition coefficient (Wildman–Crippen LogP) is 2.35. The summed E-state index contributed by atoms with van der Waals surface area (Å²) in [4.78, 5) is 21.3. The Kier molecular flexibility index (Phi) is 8.47. The van der Waals surface area contributed by atoms with Crippen LogP contribution in [0.15, 0.2) is 36.5 Å². The first-order chi connectivity index (χ1) is 6.54. The third-order valence-electron chi connectivity index (χ3n) is 1.31. The monoisotopic (exact) mass is 196 g/mol. The van der Waals surface area contributed by atoms with Gasteiger partial charge in [0.25, 0.3) is 0 Å². The second-order valence-electron chi connectivity index (χ2n) is 2.10. The topological polar surface area (TPSA) is 54.4 Å². The second kappa shape index (κ2) is 7.98. The fraction of sp³-hybridized carbons (Fsp3) is 0.273. The number of hydrogen-bond donors (Lipinski definition) is 1. The van der Waals surface area contributed by atoms with Gasteiger partial charge < -0.3 is 5.11 Å². The van der Waals surface area contributed by atoms with Crippen molar-refractivity contribution in [2.24, 2.45) is 0 Å². The van der Waals surface area contributed by atoms with Gasteiger partial charge in [-0.05, 0) is 6.92 Å².